The van der Waals surface area contributed by atoms with E-state index < -0.39 is 5.97 Å². The SMILES string of the molecule is CCC(CC)N1C[C@@H](C(=O)N2CCC(N(CC)CC(=O)O)CC2)CC1=O. The fraction of sp³-hybridized carbons (Fsp3) is 0.842. The lowest BCUT2D eigenvalue weighted by atomic mass is 10.00. The van der Waals surface area contributed by atoms with Crippen LogP contribution >= 0.6 is 0 Å². The average Bonchev–Trinajstić information content (AvgIpc) is 3.02. The minimum atomic E-state index is -0.809. The van der Waals surface area contributed by atoms with Gasteiger partial charge in [-0.05, 0) is 32.2 Å². The number of likely N-dealkylation sites (tertiary alicyclic amines) is 2. The Morgan fingerprint density at radius 2 is 1.81 bits per heavy atom. The highest BCUT2D eigenvalue weighted by Gasteiger charge is 2.39. The first-order chi connectivity index (χ1) is 12.4. The lowest BCUT2D eigenvalue weighted by molar-refractivity contribution is -0.141. The maximum atomic E-state index is 12.9. The average molecular weight is 367 g/mol. The fourth-order valence-electron chi connectivity index (χ4n) is 4.36. The van der Waals surface area contributed by atoms with Crippen molar-refractivity contribution in [2.24, 2.45) is 5.92 Å². The smallest absolute Gasteiger partial charge is 0.317 e. The maximum absolute atomic E-state index is 12.9. The third kappa shape index (κ3) is 4.75. The predicted octanol–water partition coefficient (Wildman–Crippen LogP) is 1.42. The normalized spacial score (nSPS) is 21.9. The van der Waals surface area contributed by atoms with Gasteiger partial charge in [0.2, 0.25) is 11.8 Å². The van der Waals surface area contributed by atoms with E-state index in [-0.39, 0.29) is 36.4 Å². The fourth-order valence-corrected chi connectivity index (χ4v) is 4.36. The highest BCUT2D eigenvalue weighted by atomic mass is 16.4. The summed E-state index contributed by atoms with van der Waals surface area (Å²) in [5.41, 5.74) is 0. The summed E-state index contributed by atoms with van der Waals surface area (Å²) in [5, 5.41) is 9.02. The third-order valence-corrected chi connectivity index (χ3v) is 5.93. The van der Waals surface area contributed by atoms with Crippen molar-refractivity contribution in [1.29, 1.82) is 0 Å². The van der Waals surface area contributed by atoms with E-state index in [2.05, 4.69) is 13.8 Å². The summed E-state index contributed by atoms with van der Waals surface area (Å²) in [6.07, 6.45) is 3.76. The van der Waals surface area contributed by atoms with E-state index >= 15 is 0 Å². The van der Waals surface area contributed by atoms with Gasteiger partial charge in [-0.1, -0.05) is 20.8 Å². The molecule has 7 nitrogen and oxygen atoms in total. The molecule has 2 rings (SSSR count). The van der Waals surface area contributed by atoms with Crippen molar-refractivity contribution in [2.75, 3.05) is 32.7 Å². The maximum Gasteiger partial charge on any atom is 0.317 e. The number of piperidine rings is 1. The topological polar surface area (TPSA) is 81.2 Å². The van der Waals surface area contributed by atoms with Gasteiger partial charge in [0, 0.05) is 38.1 Å². The van der Waals surface area contributed by atoms with Crippen LogP contribution in [0.2, 0.25) is 0 Å². The first-order valence-corrected chi connectivity index (χ1v) is 9.95. The molecule has 1 atom stereocenters. The third-order valence-electron chi connectivity index (χ3n) is 5.93. The van der Waals surface area contributed by atoms with Gasteiger partial charge in [0.15, 0.2) is 0 Å². The molecule has 2 aliphatic rings. The van der Waals surface area contributed by atoms with Crippen molar-refractivity contribution in [2.45, 2.75) is 65.0 Å². The summed E-state index contributed by atoms with van der Waals surface area (Å²) in [7, 11) is 0. The van der Waals surface area contributed by atoms with Crippen molar-refractivity contribution in [3.8, 4) is 0 Å². The lowest BCUT2D eigenvalue weighted by Gasteiger charge is -2.38. The van der Waals surface area contributed by atoms with Crippen LogP contribution in [-0.2, 0) is 14.4 Å². The second-order valence-electron chi connectivity index (χ2n) is 7.43. The van der Waals surface area contributed by atoms with Crippen LogP contribution < -0.4 is 0 Å². The minimum Gasteiger partial charge on any atom is -0.480 e. The van der Waals surface area contributed by atoms with E-state index in [1.807, 2.05) is 21.6 Å². The van der Waals surface area contributed by atoms with Crippen LogP contribution in [0.5, 0.6) is 0 Å². The molecule has 0 aromatic carbocycles. The summed E-state index contributed by atoms with van der Waals surface area (Å²) >= 11 is 0. The summed E-state index contributed by atoms with van der Waals surface area (Å²) in [6.45, 7) is 8.73. The highest BCUT2D eigenvalue weighted by molar-refractivity contribution is 5.89. The number of aliphatic carboxylic acids is 1. The number of hydrogen-bond acceptors (Lipinski definition) is 4. The molecule has 2 fully saturated rings. The molecule has 0 bridgehead atoms. The number of amides is 2. The van der Waals surface area contributed by atoms with Crippen LogP contribution in [-0.4, -0.2) is 82.4 Å². The second kappa shape index (κ2) is 9.35. The van der Waals surface area contributed by atoms with E-state index in [0.29, 0.717) is 32.6 Å². The number of likely N-dealkylation sites (N-methyl/N-ethyl adjacent to an activating group) is 1. The first-order valence-electron chi connectivity index (χ1n) is 9.95. The number of carboxylic acid groups (broad SMARTS) is 1. The van der Waals surface area contributed by atoms with Gasteiger partial charge in [0.25, 0.3) is 0 Å². The van der Waals surface area contributed by atoms with Crippen molar-refractivity contribution >= 4 is 17.8 Å². The zero-order valence-electron chi connectivity index (χ0n) is 16.3. The quantitative estimate of drug-likeness (QED) is 0.702. The van der Waals surface area contributed by atoms with Crippen molar-refractivity contribution in [1.82, 2.24) is 14.7 Å². The molecule has 0 aromatic rings. The van der Waals surface area contributed by atoms with Gasteiger partial charge in [-0.2, -0.15) is 0 Å². The summed E-state index contributed by atoms with van der Waals surface area (Å²) in [4.78, 5) is 41.9. The standard InChI is InChI=1S/C19H33N3O4/c1-4-15(5-2)22-12-14(11-17(22)23)19(26)21-9-7-16(8-10-21)20(6-3)13-18(24)25/h14-16H,4-13H2,1-3H3,(H,24,25)/t14-/m0/s1. The van der Waals surface area contributed by atoms with Crippen molar-refractivity contribution in [3.05, 3.63) is 0 Å². The number of carbonyl (C=O) groups is 3. The van der Waals surface area contributed by atoms with Crippen LogP contribution in [0, 0.1) is 5.92 Å². The van der Waals surface area contributed by atoms with E-state index in [9.17, 15) is 14.4 Å². The Balaban J connectivity index is 1.88. The predicted molar refractivity (Wildman–Crippen MR) is 98.7 cm³/mol. The molecule has 0 spiro atoms. The van der Waals surface area contributed by atoms with Crippen LogP contribution in [0.4, 0.5) is 0 Å². The van der Waals surface area contributed by atoms with Gasteiger partial charge < -0.3 is 14.9 Å². The molecule has 0 saturated carbocycles. The molecule has 2 heterocycles. The van der Waals surface area contributed by atoms with Gasteiger partial charge in [-0.25, -0.2) is 0 Å². The zero-order chi connectivity index (χ0) is 19.3. The molecule has 2 amide bonds. The molecule has 148 valence electrons. The minimum absolute atomic E-state index is 0.0522. The van der Waals surface area contributed by atoms with Gasteiger partial charge in [0.1, 0.15) is 0 Å². The Morgan fingerprint density at radius 1 is 1.19 bits per heavy atom. The Hall–Kier alpha value is -1.63. The largest absolute Gasteiger partial charge is 0.480 e. The summed E-state index contributed by atoms with van der Waals surface area (Å²) in [5.74, 6) is -0.839. The monoisotopic (exact) mass is 367 g/mol. The molecule has 0 radical (unpaired) electrons. The van der Waals surface area contributed by atoms with Gasteiger partial charge in [-0.3, -0.25) is 19.3 Å². The second-order valence-corrected chi connectivity index (χ2v) is 7.43. The number of nitrogens with zero attached hydrogens (tertiary/aromatic N) is 3. The van der Waals surface area contributed by atoms with Crippen molar-refractivity contribution < 1.29 is 19.5 Å². The molecule has 2 saturated heterocycles. The van der Waals surface area contributed by atoms with Crippen LogP contribution in [0.15, 0.2) is 0 Å². The van der Waals surface area contributed by atoms with E-state index in [1.54, 1.807) is 0 Å². The van der Waals surface area contributed by atoms with Crippen LogP contribution in [0.3, 0.4) is 0 Å². The number of carboxylic acids is 1. The summed E-state index contributed by atoms with van der Waals surface area (Å²) in [6, 6.07) is 0.451. The Morgan fingerprint density at radius 3 is 2.31 bits per heavy atom. The number of rotatable bonds is 8. The number of hydrogen-bond donors (Lipinski definition) is 1. The molecule has 2 aliphatic heterocycles. The Labute approximate surface area is 156 Å². The van der Waals surface area contributed by atoms with Crippen LogP contribution in [0.1, 0.15) is 52.9 Å². The Bertz CT molecular complexity index is 513. The molecule has 0 unspecified atom stereocenters. The lowest BCUT2D eigenvalue weighted by Crippen LogP contribution is -2.49. The van der Waals surface area contributed by atoms with E-state index in [0.717, 1.165) is 25.7 Å². The van der Waals surface area contributed by atoms with Gasteiger partial charge >= 0.3 is 5.97 Å². The molecule has 0 aromatic heterocycles. The highest BCUT2D eigenvalue weighted by Crippen LogP contribution is 2.26. The van der Waals surface area contributed by atoms with Gasteiger partial charge in [0.05, 0.1) is 12.5 Å². The molecule has 1 N–H and O–H groups in total. The number of carbonyl (C=O) groups excluding carboxylic acids is 2. The zero-order valence-corrected chi connectivity index (χ0v) is 16.3. The summed E-state index contributed by atoms with van der Waals surface area (Å²) < 4.78 is 0. The first kappa shape index (κ1) is 20.7. The molecule has 7 heteroatoms. The molecule has 0 aliphatic carbocycles. The van der Waals surface area contributed by atoms with Crippen LogP contribution in [0.25, 0.3) is 0 Å². The molecule has 26 heavy (non-hydrogen) atoms. The Kier molecular flexibility index (Phi) is 7.43. The van der Waals surface area contributed by atoms with Gasteiger partial charge in [-0.15, -0.1) is 0 Å². The van der Waals surface area contributed by atoms with E-state index in [1.165, 1.54) is 0 Å². The van der Waals surface area contributed by atoms with Crippen molar-refractivity contribution in [3.63, 3.8) is 0 Å². The molecular formula is C19H33N3O4. The molecular weight excluding hydrogens is 334 g/mol. The van der Waals surface area contributed by atoms with E-state index in [4.69, 9.17) is 5.11 Å².